The molecule has 1 aromatic carbocycles. The fourth-order valence-electron chi connectivity index (χ4n) is 4.96. The van der Waals surface area contributed by atoms with Gasteiger partial charge in [0.25, 0.3) is 0 Å². The summed E-state index contributed by atoms with van der Waals surface area (Å²) in [4.78, 5) is 2.49. The lowest BCUT2D eigenvalue weighted by Crippen LogP contribution is -2.53. The van der Waals surface area contributed by atoms with Crippen LogP contribution in [0.2, 0.25) is 5.02 Å². The molecular formula is C20H28ClNO2. The third kappa shape index (κ3) is 3.12. The number of benzene rings is 1. The highest BCUT2D eigenvalue weighted by atomic mass is 35.5. The Labute approximate surface area is 149 Å². The minimum absolute atomic E-state index is 0.249. The van der Waals surface area contributed by atoms with Gasteiger partial charge in [-0.25, -0.2) is 0 Å². The van der Waals surface area contributed by atoms with Crippen molar-refractivity contribution in [2.45, 2.75) is 50.2 Å². The van der Waals surface area contributed by atoms with Gasteiger partial charge in [-0.15, -0.1) is 0 Å². The lowest BCUT2D eigenvalue weighted by Gasteiger charge is -2.46. The van der Waals surface area contributed by atoms with Crippen molar-refractivity contribution in [3.63, 3.8) is 0 Å². The summed E-state index contributed by atoms with van der Waals surface area (Å²) in [6.45, 7) is 3.81. The Morgan fingerprint density at radius 1 is 1.12 bits per heavy atom. The number of halogens is 1. The Morgan fingerprint density at radius 3 is 2.46 bits per heavy atom. The van der Waals surface area contributed by atoms with Crippen molar-refractivity contribution in [1.82, 2.24) is 4.90 Å². The molecule has 1 N–H and O–H groups in total. The molecule has 3 saturated heterocycles. The lowest BCUT2D eigenvalue weighted by atomic mass is 9.80. The number of fused-ring (bicyclic) bond motifs is 3. The molecule has 1 aliphatic carbocycles. The summed E-state index contributed by atoms with van der Waals surface area (Å²) in [6, 6.07) is 7.75. The van der Waals surface area contributed by atoms with E-state index in [0.717, 1.165) is 24.9 Å². The number of ether oxygens (including phenoxy) is 1. The molecule has 3 nitrogen and oxygen atoms in total. The zero-order valence-electron chi connectivity index (χ0n) is 14.3. The van der Waals surface area contributed by atoms with Gasteiger partial charge >= 0.3 is 0 Å². The number of piperidine rings is 3. The predicted molar refractivity (Wildman–Crippen MR) is 96.2 cm³/mol. The van der Waals surface area contributed by atoms with Crippen LogP contribution in [0.5, 0.6) is 0 Å². The molecule has 0 spiro atoms. The molecule has 4 heteroatoms. The van der Waals surface area contributed by atoms with Crippen LogP contribution in [-0.2, 0) is 10.3 Å². The summed E-state index contributed by atoms with van der Waals surface area (Å²) in [5.41, 5.74) is -0.110. The summed E-state index contributed by atoms with van der Waals surface area (Å²) >= 11 is 6.45. The van der Waals surface area contributed by atoms with E-state index in [9.17, 15) is 5.11 Å². The van der Waals surface area contributed by atoms with Crippen molar-refractivity contribution in [1.29, 1.82) is 0 Å². The van der Waals surface area contributed by atoms with E-state index in [0.29, 0.717) is 17.5 Å². The van der Waals surface area contributed by atoms with Crippen molar-refractivity contribution in [3.05, 3.63) is 34.9 Å². The molecule has 0 amide bonds. The molecule has 1 aromatic rings. The Balaban J connectivity index is 1.53. The molecule has 0 aromatic heterocycles. The zero-order valence-corrected chi connectivity index (χ0v) is 15.0. The highest BCUT2D eigenvalue weighted by Gasteiger charge is 2.43. The molecule has 3 aliphatic heterocycles. The third-order valence-corrected chi connectivity index (χ3v) is 6.81. The SMILES string of the molecule is O[C@](COC1CN2CCC1CC2)(c1ccccc1Cl)C1CCCC1. The fraction of sp³-hybridized carbons (Fsp3) is 0.700. The Hall–Kier alpha value is -0.610. The van der Waals surface area contributed by atoms with Crippen molar-refractivity contribution >= 4 is 11.6 Å². The lowest BCUT2D eigenvalue weighted by molar-refractivity contribution is -0.143. The highest BCUT2D eigenvalue weighted by Crippen LogP contribution is 2.43. The molecule has 4 aliphatic rings. The standard InChI is InChI=1S/C20H28ClNO2/c21-18-8-4-3-7-17(18)20(23,16-5-1-2-6-16)14-24-19-13-22-11-9-15(19)10-12-22/h3-4,7-8,15-16,19,23H,1-2,5-6,9-14H2/t19?,20-/m0/s1. The molecule has 2 bridgehead atoms. The first-order valence-electron chi connectivity index (χ1n) is 9.48. The first kappa shape index (κ1) is 16.8. The van der Waals surface area contributed by atoms with Crippen LogP contribution < -0.4 is 0 Å². The maximum absolute atomic E-state index is 11.6. The average molecular weight is 350 g/mol. The Morgan fingerprint density at radius 2 is 1.83 bits per heavy atom. The van der Waals surface area contributed by atoms with Gasteiger partial charge in [-0.2, -0.15) is 0 Å². The normalized spacial score (nSPS) is 32.8. The summed E-state index contributed by atoms with van der Waals surface area (Å²) in [5, 5.41) is 12.3. The molecule has 24 heavy (non-hydrogen) atoms. The van der Waals surface area contributed by atoms with Crippen LogP contribution in [0.15, 0.2) is 24.3 Å². The summed E-state index contributed by atoms with van der Waals surface area (Å²) in [7, 11) is 0. The van der Waals surface area contributed by atoms with Gasteiger partial charge in [0.15, 0.2) is 0 Å². The molecular weight excluding hydrogens is 322 g/mol. The molecule has 2 atom stereocenters. The van der Waals surface area contributed by atoms with E-state index in [1.165, 1.54) is 38.8 Å². The van der Waals surface area contributed by atoms with Crippen LogP contribution >= 0.6 is 11.6 Å². The monoisotopic (exact) mass is 349 g/mol. The number of aliphatic hydroxyl groups is 1. The van der Waals surface area contributed by atoms with Crippen LogP contribution in [0, 0.1) is 11.8 Å². The molecule has 132 valence electrons. The fourth-order valence-corrected chi connectivity index (χ4v) is 5.26. The minimum Gasteiger partial charge on any atom is -0.382 e. The predicted octanol–water partition coefficient (Wildman–Crippen LogP) is 3.83. The van der Waals surface area contributed by atoms with Gasteiger partial charge in [0.1, 0.15) is 5.60 Å². The summed E-state index contributed by atoms with van der Waals surface area (Å²) in [5.74, 6) is 0.910. The van der Waals surface area contributed by atoms with Crippen LogP contribution in [0.3, 0.4) is 0 Å². The number of hydrogen-bond acceptors (Lipinski definition) is 3. The van der Waals surface area contributed by atoms with Crippen molar-refractivity contribution in [2.75, 3.05) is 26.2 Å². The van der Waals surface area contributed by atoms with Crippen molar-refractivity contribution in [2.24, 2.45) is 11.8 Å². The summed E-state index contributed by atoms with van der Waals surface area (Å²) in [6.07, 6.45) is 7.24. The van der Waals surface area contributed by atoms with Gasteiger partial charge in [-0.05, 0) is 56.7 Å². The molecule has 3 heterocycles. The molecule has 1 saturated carbocycles. The van der Waals surface area contributed by atoms with Crippen LogP contribution in [0.1, 0.15) is 44.1 Å². The van der Waals surface area contributed by atoms with Gasteiger partial charge in [-0.1, -0.05) is 42.6 Å². The van der Waals surface area contributed by atoms with Crippen LogP contribution in [0.4, 0.5) is 0 Å². The van der Waals surface area contributed by atoms with Crippen LogP contribution in [-0.4, -0.2) is 42.4 Å². The van der Waals surface area contributed by atoms with E-state index in [4.69, 9.17) is 16.3 Å². The van der Waals surface area contributed by atoms with Crippen molar-refractivity contribution in [3.8, 4) is 0 Å². The Kier molecular flexibility index (Phi) is 4.88. The second-order valence-electron chi connectivity index (χ2n) is 7.87. The Bertz CT molecular complexity index is 567. The van der Waals surface area contributed by atoms with E-state index < -0.39 is 5.60 Å². The minimum atomic E-state index is -0.957. The average Bonchev–Trinajstić information content (AvgIpc) is 3.16. The van der Waals surface area contributed by atoms with E-state index >= 15 is 0 Å². The molecule has 4 fully saturated rings. The van der Waals surface area contributed by atoms with Gasteiger partial charge in [0, 0.05) is 17.1 Å². The number of hydrogen-bond donors (Lipinski definition) is 1. The topological polar surface area (TPSA) is 32.7 Å². The van der Waals surface area contributed by atoms with Gasteiger partial charge in [-0.3, -0.25) is 0 Å². The maximum atomic E-state index is 11.6. The van der Waals surface area contributed by atoms with E-state index in [1.807, 2.05) is 24.3 Å². The second kappa shape index (κ2) is 6.95. The molecule has 5 rings (SSSR count). The van der Waals surface area contributed by atoms with Crippen LogP contribution in [0.25, 0.3) is 0 Å². The van der Waals surface area contributed by atoms with Gasteiger partial charge in [0.2, 0.25) is 0 Å². The largest absolute Gasteiger partial charge is 0.382 e. The van der Waals surface area contributed by atoms with Crippen molar-refractivity contribution < 1.29 is 9.84 Å². The number of nitrogens with zero attached hydrogens (tertiary/aromatic N) is 1. The summed E-state index contributed by atoms with van der Waals surface area (Å²) < 4.78 is 6.35. The van der Waals surface area contributed by atoms with Gasteiger partial charge in [0.05, 0.1) is 12.7 Å². The smallest absolute Gasteiger partial charge is 0.117 e. The molecule has 0 radical (unpaired) electrons. The van der Waals surface area contributed by atoms with E-state index in [1.54, 1.807) is 0 Å². The van der Waals surface area contributed by atoms with Gasteiger partial charge < -0.3 is 14.7 Å². The molecule has 1 unspecified atom stereocenters. The maximum Gasteiger partial charge on any atom is 0.117 e. The number of rotatable bonds is 5. The van der Waals surface area contributed by atoms with E-state index in [-0.39, 0.29) is 12.0 Å². The first-order chi connectivity index (χ1) is 11.7. The third-order valence-electron chi connectivity index (χ3n) is 6.48. The second-order valence-corrected chi connectivity index (χ2v) is 8.28. The highest BCUT2D eigenvalue weighted by molar-refractivity contribution is 6.31. The first-order valence-corrected chi connectivity index (χ1v) is 9.86. The quantitative estimate of drug-likeness (QED) is 0.877. The van der Waals surface area contributed by atoms with E-state index in [2.05, 4.69) is 4.90 Å². The zero-order chi connectivity index (χ0) is 16.6.